The van der Waals surface area contributed by atoms with Crippen LogP contribution in [0.2, 0.25) is 0 Å². The van der Waals surface area contributed by atoms with Gasteiger partial charge in [-0.25, -0.2) is 24.7 Å². The average Bonchev–Trinajstić information content (AvgIpc) is 3.75. The van der Waals surface area contributed by atoms with Crippen LogP contribution in [0.1, 0.15) is 30.9 Å². The average molecular weight is 803 g/mol. The number of nitrogens with zero attached hydrogens (tertiary/aromatic N) is 8. The van der Waals surface area contributed by atoms with Crippen LogP contribution in [0.15, 0.2) is 90.2 Å². The molecule has 6 aromatic rings. The van der Waals surface area contributed by atoms with Crippen molar-refractivity contribution in [1.82, 2.24) is 45.9 Å². The van der Waals surface area contributed by atoms with Crippen molar-refractivity contribution >= 4 is 22.0 Å². The zero-order chi connectivity index (χ0) is 40.4. The second-order valence-electron chi connectivity index (χ2n) is 11.9. The summed E-state index contributed by atoms with van der Waals surface area (Å²) < 4.78 is 58.3. The summed E-state index contributed by atoms with van der Waals surface area (Å²) in [6.07, 6.45) is 1.84. The molecule has 0 spiro atoms. The van der Waals surface area contributed by atoms with Crippen LogP contribution in [0.5, 0.6) is 28.9 Å². The number of hydrogen-bond acceptors (Lipinski definition) is 19. The van der Waals surface area contributed by atoms with E-state index in [1.54, 1.807) is 54.6 Å². The van der Waals surface area contributed by atoms with E-state index in [1.807, 2.05) is 13.8 Å². The molecule has 57 heavy (non-hydrogen) atoms. The number of sulfonamides is 1. The Hall–Kier alpha value is -6.85. The predicted octanol–water partition coefficient (Wildman–Crippen LogP) is 4.95. The summed E-state index contributed by atoms with van der Waals surface area (Å²) in [6, 6.07) is 18.8. The van der Waals surface area contributed by atoms with E-state index < -0.39 is 21.6 Å². The Morgan fingerprint density at radius 2 is 1.79 bits per heavy atom. The number of H-pyrrole nitrogens is 1. The van der Waals surface area contributed by atoms with Crippen molar-refractivity contribution < 1.29 is 52.1 Å². The largest absolute Gasteiger partial charge is 0.513 e. The summed E-state index contributed by atoms with van der Waals surface area (Å²) in [5, 5.41) is 30.5. The molecule has 4 heterocycles. The number of carbonyl (C=O) groups is 1. The Labute approximate surface area is 324 Å². The van der Waals surface area contributed by atoms with E-state index >= 15 is 0 Å². The number of pyridine rings is 2. The highest BCUT2D eigenvalue weighted by atomic mass is 32.2. The fourth-order valence-corrected chi connectivity index (χ4v) is 5.83. The van der Waals surface area contributed by atoms with E-state index in [4.69, 9.17) is 34.1 Å². The summed E-state index contributed by atoms with van der Waals surface area (Å²) in [5.41, 5.74) is 1.95. The van der Waals surface area contributed by atoms with Crippen molar-refractivity contribution in [1.29, 1.82) is 0 Å². The first-order valence-corrected chi connectivity index (χ1v) is 18.3. The van der Waals surface area contributed by atoms with Crippen molar-refractivity contribution in [3.8, 4) is 51.8 Å². The summed E-state index contributed by atoms with van der Waals surface area (Å²) in [7, 11) is -2.98. The van der Waals surface area contributed by atoms with Crippen molar-refractivity contribution in [3.63, 3.8) is 0 Å². The smallest absolute Gasteiger partial charge is 0.493 e. The molecule has 0 unspecified atom stereocenters. The molecule has 0 fully saturated rings. The molecule has 0 atom stereocenters. The first-order valence-electron chi connectivity index (χ1n) is 16.8. The molecule has 0 bridgehead atoms. The molecule has 296 valence electrons. The summed E-state index contributed by atoms with van der Waals surface area (Å²) in [5.74, 6) is -0.0409. The number of hydrogen-bond donors (Lipinski definition) is 4. The van der Waals surface area contributed by atoms with Crippen LogP contribution in [0.4, 0.5) is 10.6 Å². The van der Waals surface area contributed by atoms with Crippen LogP contribution < -0.4 is 23.7 Å². The lowest BCUT2D eigenvalue weighted by atomic mass is 10.1. The van der Waals surface area contributed by atoms with Gasteiger partial charge in [-0.15, -0.1) is 5.10 Å². The molecule has 0 aliphatic rings. The van der Waals surface area contributed by atoms with Gasteiger partial charge < -0.3 is 23.7 Å². The first kappa shape index (κ1) is 39.8. The van der Waals surface area contributed by atoms with E-state index in [-0.39, 0.29) is 71.4 Å². The Morgan fingerprint density at radius 1 is 0.965 bits per heavy atom. The van der Waals surface area contributed by atoms with Crippen LogP contribution in [0.25, 0.3) is 22.9 Å². The molecule has 0 amide bonds. The van der Waals surface area contributed by atoms with Gasteiger partial charge in [0.25, 0.3) is 15.9 Å². The Bertz CT molecular complexity index is 2400. The van der Waals surface area contributed by atoms with E-state index in [0.29, 0.717) is 22.6 Å². The summed E-state index contributed by atoms with van der Waals surface area (Å²) in [4.78, 5) is 34.7. The monoisotopic (exact) mass is 802 g/mol. The molecule has 6 rings (SSSR count). The maximum Gasteiger partial charge on any atom is 0.513 e. The highest BCUT2D eigenvalue weighted by Gasteiger charge is 2.27. The van der Waals surface area contributed by atoms with E-state index in [9.17, 15) is 13.2 Å². The Kier molecular flexibility index (Phi) is 12.7. The third kappa shape index (κ3) is 10.5. The lowest BCUT2D eigenvalue weighted by Crippen LogP contribution is -2.18. The van der Waals surface area contributed by atoms with Crippen LogP contribution in [-0.4, -0.2) is 91.3 Å². The van der Waals surface area contributed by atoms with Gasteiger partial charge in [0.2, 0.25) is 5.75 Å². The molecule has 21 nitrogen and oxygen atoms in total. The zero-order valence-corrected chi connectivity index (χ0v) is 31.2. The quantitative estimate of drug-likeness (QED) is 0.0411. The molecule has 2 aromatic carbocycles. The lowest BCUT2D eigenvalue weighted by Gasteiger charge is -2.18. The van der Waals surface area contributed by atoms with Gasteiger partial charge in [-0.1, -0.05) is 44.2 Å². The topological polar surface area (TPSA) is 268 Å². The van der Waals surface area contributed by atoms with Gasteiger partial charge in [0.05, 0.1) is 19.1 Å². The molecule has 4 N–H and O–H groups in total. The number of tetrazole rings is 1. The first-order chi connectivity index (χ1) is 27.5. The molecular formula is C35H34N10O11S. The zero-order valence-electron chi connectivity index (χ0n) is 30.3. The molecule has 0 aliphatic carbocycles. The van der Waals surface area contributed by atoms with Crippen molar-refractivity contribution in [2.45, 2.75) is 31.4 Å². The summed E-state index contributed by atoms with van der Waals surface area (Å²) >= 11 is 0. The van der Waals surface area contributed by atoms with Crippen LogP contribution in [0.3, 0.4) is 0 Å². The third-order valence-corrected chi connectivity index (χ3v) is 8.90. The van der Waals surface area contributed by atoms with Gasteiger partial charge in [0.15, 0.2) is 34.0 Å². The van der Waals surface area contributed by atoms with Gasteiger partial charge in [0.1, 0.15) is 24.7 Å². The molecule has 0 radical (unpaired) electrons. The number of benzene rings is 2. The lowest BCUT2D eigenvalue weighted by molar-refractivity contribution is -0.497. The Morgan fingerprint density at radius 3 is 2.51 bits per heavy atom. The SMILES string of the molecule is COc1ccccc1Oc1c(NS(=O)(=O)c2ccc(C(C)C)cn2)nc(-c2ccnc(-c3nnn[nH]3)c2)nc1OCCOC(=O)Oc1cccc(CON(O)O)c1. The number of para-hydroxylation sites is 2. The van der Waals surface area contributed by atoms with Gasteiger partial charge >= 0.3 is 6.16 Å². The Balaban J connectivity index is 1.33. The van der Waals surface area contributed by atoms with Crippen LogP contribution >= 0.6 is 0 Å². The molecule has 22 heteroatoms. The van der Waals surface area contributed by atoms with Gasteiger partial charge in [0, 0.05) is 18.0 Å². The van der Waals surface area contributed by atoms with Crippen molar-refractivity contribution in [2.75, 3.05) is 25.0 Å². The third-order valence-electron chi connectivity index (χ3n) is 7.64. The number of aromatic nitrogens is 8. The number of rotatable bonds is 17. The minimum atomic E-state index is -4.41. The minimum Gasteiger partial charge on any atom is -0.493 e. The number of aromatic amines is 1. The minimum absolute atomic E-state index is 0.0379. The van der Waals surface area contributed by atoms with E-state index in [0.717, 1.165) is 5.56 Å². The van der Waals surface area contributed by atoms with Gasteiger partial charge in [-0.05, 0) is 69.9 Å². The molecular weight excluding hydrogens is 769 g/mol. The fourth-order valence-electron chi connectivity index (χ4n) is 4.89. The predicted molar refractivity (Wildman–Crippen MR) is 195 cm³/mol. The summed E-state index contributed by atoms with van der Waals surface area (Å²) in [6.45, 7) is 2.97. The molecule has 0 saturated carbocycles. The normalized spacial score (nSPS) is 11.4. The van der Waals surface area contributed by atoms with Crippen LogP contribution in [0, 0.1) is 0 Å². The maximum absolute atomic E-state index is 13.9. The second-order valence-corrected chi connectivity index (χ2v) is 13.5. The van der Waals surface area contributed by atoms with E-state index in [1.165, 1.54) is 37.7 Å². The molecule has 0 aliphatic heterocycles. The number of ether oxygens (including phenoxy) is 5. The number of nitrogens with one attached hydrogen (secondary N) is 2. The van der Waals surface area contributed by atoms with Crippen molar-refractivity contribution in [2.24, 2.45) is 0 Å². The van der Waals surface area contributed by atoms with Gasteiger partial charge in [-0.2, -0.15) is 13.4 Å². The standard InChI is InChI=1S/C35H34N10O11S/c1-21(2)24-11-12-29(37-19-24)57(49,50)42-33-30(56-28-10-5-4-9-27(28)51-3)34(39-31(38-33)23-13-14-36-26(18-23)32-40-43-44-41-32)52-15-16-53-35(46)55-25-8-6-7-22(17-25)20-54-45(47)48/h4-14,17-19,21,47-48H,15-16,20H2,1-3H3,(H,38,39,42)(H,40,41,43,44). The highest BCUT2D eigenvalue weighted by Crippen LogP contribution is 2.42. The number of anilines is 1. The number of methoxy groups -OCH3 is 1. The molecule has 0 saturated heterocycles. The highest BCUT2D eigenvalue weighted by molar-refractivity contribution is 7.92. The second kappa shape index (κ2) is 18.2. The number of carbonyl (C=O) groups excluding carboxylic acids is 1. The van der Waals surface area contributed by atoms with Crippen LogP contribution in [-0.2, 0) is 26.2 Å². The molecule has 4 aromatic heterocycles. The van der Waals surface area contributed by atoms with Crippen molar-refractivity contribution in [3.05, 3.63) is 96.3 Å². The maximum atomic E-state index is 13.9. The van der Waals surface area contributed by atoms with Gasteiger partial charge in [-0.3, -0.25) is 20.1 Å². The van der Waals surface area contributed by atoms with E-state index in [2.05, 4.69) is 50.1 Å². The fraction of sp³-hybridized carbons (Fsp3) is 0.200.